The fourth-order valence-corrected chi connectivity index (χ4v) is 1.17. The fourth-order valence-electron chi connectivity index (χ4n) is 1.17. The van der Waals surface area contributed by atoms with Crippen LogP contribution in [-0.2, 0) is 0 Å². The first kappa shape index (κ1) is 8.55. The van der Waals surface area contributed by atoms with Crippen molar-refractivity contribution < 1.29 is 9.18 Å². The molecule has 1 heterocycles. The third kappa shape index (κ3) is 1.28. The third-order valence-electron chi connectivity index (χ3n) is 1.76. The molecule has 0 aliphatic rings. The Morgan fingerprint density at radius 3 is 2.64 bits per heavy atom. The fraction of sp³-hybridized carbons (Fsp3) is 0. The molecule has 5 heteroatoms. The molecule has 0 atom stereocenters. The highest BCUT2D eigenvalue weighted by Gasteiger charge is 2.10. The summed E-state index contributed by atoms with van der Waals surface area (Å²) < 4.78 is 13.3. The van der Waals surface area contributed by atoms with Gasteiger partial charge in [-0.2, -0.15) is 10.2 Å². The van der Waals surface area contributed by atoms with Gasteiger partial charge in [0.1, 0.15) is 5.69 Å². The molecule has 1 aromatic heterocycles. The Balaban J connectivity index is 2.67. The molecule has 0 spiro atoms. The molecule has 2 aromatic rings. The van der Waals surface area contributed by atoms with Crippen molar-refractivity contribution in [2.24, 2.45) is 0 Å². The van der Waals surface area contributed by atoms with Crippen molar-refractivity contribution in [2.75, 3.05) is 0 Å². The van der Waals surface area contributed by atoms with Crippen molar-refractivity contribution in [3.05, 3.63) is 42.0 Å². The van der Waals surface area contributed by atoms with E-state index in [-0.39, 0.29) is 11.3 Å². The normalized spacial score (nSPS) is 10.1. The highest BCUT2D eigenvalue weighted by atomic mass is 19.1. The number of aromatic nitrogens is 3. The van der Waals surface area contributed by atoms with Crippen LogP contribution in [0.15, 0.2) is 30.6 Å². The molecule has 0 unspecified atom stereocenters. The lowest BCUT2D eigenvalue weighted by molar-refractivity contribution is 0.112. The smallest absolute Gasteiger partial charge is 0.152 e. The van der Waals surface area contributed by atoms with Gasteiger partial charge >= 0.3 is 0 Å². The maximum Gasteiger partial charge on any atom is 0.152 e. The van der Waals surface area contributed by atoms with Crippen LogP contribution in [0, 0.1) is 5.82 Å². The Kier molecular flexibility index (Phi) is 2.06. The van der Waals surface area contributed by atoms with Gasteiger partial charge in [-0.15, -0.1) is 4.80 Å². The minimum atomic E-state index is -0.522. The maximum absolute atomic E-state index is 13.3. The van der Waals surface area contributed by atoms with Crippen molar-refractivity contribution >= 4 is 6.29 Å². The molecule has 0 aliphatic carbocycles. The Labute approximate surface area is 79.0 Å². The summed E-state index contributed by atoms with van der Waals surface area (Å²) in [5, 5.41) is 7.53. The monoisotopic (exact) mass is 191 g/mol. The van der Waals surface area contributed by atoms with Gasteiger partial charge in [-0.1, -0.05) is 6.07 Å². The number of carbonyl (C=O) groups excluding carboxylic acids is 1. The third-order valence-corrected chi connectivity index (χ3v) is 1.76. The van der Waals surface area contributed by atoms with Crippen LogP contribution in [0.1, 0.15) is 10.4 Å². The quantitative estimate of drug-likeness (QED) is 0.670. The van der Waals surface area contributed by atoms with E-state index in [4.69, 9.17) is 0 Å². The average Bonchev–Trinajstić information content (AvgIpc) is 2.70. The molecular formula is C9H6FN3O. The Hall–Kier alpha value is -2.04. The number of rotatable bonds is 2. The lowest BCUT2D eigenvalue weighted by atomic mass is 10.2. The van der Waals surface area contributed by atoms with E-state index in [9.17, 15) is 9.18 Å². The molecule has 0 N–H and O–H groups in total. The number of para-hydroxylation sites is 1. The SMILES string of the molecule is O=Cc1cccc(F)c1-n1nccn1. The molecule has 0 bridgehead atoms. The largest absolute Gasteiger partial charge is 0.298 e. The van der Waals surface area contributed by atoms with E-state index in [1.165, 1.54) is 30.6 Å². The zero-order valence-electron chi connectivity index (χ0n) is 7.09. The minimum Gasteiger partial charge on any atom is -0.298 e. The molecular weight excluding hydrogens is 185 g/mol. The van der Waals surface area contributed by atoms with Gasteiger partial charge in [-0.25, -0.2) is 4.39 Å². The van der Waals surface area contributed by atoms with E-state index in [2.05, 4.69) is 10.2 Å². The molecule has 70 valence electrons. The maximum atomic E-state index is 13.3. The first-order valence-corrected chi connectivity index (χ1v) is 3.93. The van der Waals surface area contributed by atoms with Gasteiger partial charge in [0.2, 0.25) is 0 Å². The Morgan fingerprint density at radius 2 is 2.00 bits per heavy atom. The van der Waals surface area contributed by atoms with Crippen molar-refractivity contribution in [2.45, 2.75) is 0 Å². The Morgan fingerprint density at radius 1 is 1.29 bits per heavy atom. The topological polar surface area (TPSA) is 47.8 Å². The van der Waals surface area contributed by atoms with Crippen molar-refractivity contribution in [3.63, 3.8) is 0 Å². The summed E-state index contributed by atoms with van der Waals surface area (Å²) in [7, 11) is 0. The summed E-state index contributed by atoms with van der Waals surface area (Å²) in [5.74, 6) is -0.522. The minimum absolute atomic E-state index is 0.0764. The number of hydrogen-bond acceptors (Lipinski definition) is 3. The number of nitrogens with zero attached hydrogens (tertiary/aromatic N) is 3. The molecule has 0 saturated heterocycles. The van der Waals surface area contributed by atoms with Crippen LogP contribution in [0.3, 0.4) is 0 Å². The van der Waals surface area contributed by atoms with Gasteiger partial charge in [-0.05, 0) is 12.1 Å². The number of carbonyl (C=O) groups is 1. The lowest BCUT2D eigenvalue weighted by Gasteiger charge is -2.03. The zero-order chi connectivity index (χ0) is 9.97. The van der Waals surface area contributed by atoms with Gasteiger partial charge < -0.3 is 0 Å². The van der Waals surface area contributed by atoms with Gasteiger partial charge in [0.25, 0.3) is 0 Å². The second-order valence-corrected chi connectivity index (χ2v) is 2.61. The van der Waals surface area contributed by atoms with Crippen LogP contribution in [-0.4, -0.2) is 21.3 Å². The molecule has 0 amide bonds. The van der Waals surface area contributed by atoms with E-state index in [0.29, 0.717) is 6.29 Å². The second-order valence-electron chi connectivity index (χ2n) is 2.61. The summed E-state index contributed by atoms with van der Waals surface area (Å²) in [4.78, 5) is 11.7. The van der Waals surface area contributed by atoms with E-state index in [1.807, 2.05) is 0 Å². The van der Waals surface area contributed by atoms with E-state index >= 15 is 0 Å². The standard InChI is InChI=1S/C9H6FN3O/c10-8-3-1-2-7(6-14)9(8)13-11-4-5-12-13/h1-6H. The average molecular weight is 191 g/mol. The molecule has 0 fully saturated rings. The first-order chi connectivity index (χ1) is 6.83. The van der Waals surface area contributed by atoms with Crippen LogP contribution >= 0.6 is 0 Å². The van der Waals surface area contributed by atoms with Crippen LogP contribution < -0.4 is 0 Å². The van der Waals surface area contributed by atoms with Gasteiger partial charge in [0.15, 0.2) is 12.1 Å². The van der Waals surface area contributed by atoms with Crippen molar-refractivity contribution in [1.82, 2.24) is 15.0 Å². The summed E-state index contributed by atoms with van der Waals surface area (Å²) in [6.45, 7) is 0. The predicted molar refractivity (Wildman–Crippen MR) is 46.7 cm³/mol. The molecule has 2 rings (SSSR count). The van der Waals surface area contributed by atoms with Gasteiger partial charge in [0.05, 0.1) is 12.4 Å². The number of benzene rings is 1. The highest BCUT2D eigenvalue weighted by molar-refractivity contribution is 5.80. The van der Waals surface area contributed by atoms with E-state index in [0.717, 1.165) is 4.80 Å². The number of hydrogen-bond donors (Lipinski definition) is 0. The van der Waals surface area contributed by atoms with Gasteiger partial charge in [-0.3, -0.25) is 4.79 Å². The molecule has 0 aliphatic heterocycles. The molecule has 1 aromatic carbocycles. The second kappa shape index (κ2) is 3.37. The molecule has 14 heavy (non-hydrogen) atoms. The van der Waals surface area contributed by atoms with Crippen LogP contribution in [0.25, 0.3) is 5.69 Å². The number of halogens is 1. The molecule has 0 saturated carbocycles. The van der Waals surface area contributed by atoms with E-state index in [1.54, 1.807) is 0 Å². The summed E-state index contributed by atoms with van der Waals surface area (Å²) >= 11 is 0. The molecule has 4 nitrogen and oxygen atoms in total. The first-order valence-electron chi connectivity index (χ1n) is 3.93. The number of aldehydes is 1. The summed E-state index contributed by atoms with van der Waals surface area (Å²) in [6.07, 6.45) is 3.41. The van der Waals surface area contributed by atoms with Crippen LogP contribution in [0.4, 0.5) is 4.39 Å². The summed E-state index contributed by atoms with van der Waals surface area (Å²) in [6, 6.07) is 4.23. The predicted octanol–water partition coefficient (Wildman–Crippen LogP) is 1.22. The van der Waals surface area contributed by atoms with Gasteiger partial charge in [0, 0.05) is 5.56 Å². The zero-order valence-corrected chi connectivity index (χ0v) is 7.09. The highest BCUT2D eigenvalue weighted by Crippen LogP contribution is 2.14. The lowest BCUT2D eigenvalue weighted by Crippen LogP contribution is -2.05. The molecule has 0 radical (unpaired) electrons. The van der Waals surface area contributed by atoms with Crippen molar-refractivity contribution in [3.8, 4) is 5.69 Å². The Bertz CT molecular complexity index is 453. The van der Waals surface area contributed by atoms with Crippen LogP contribution in [0.5, 0.6) is 0 Å². The van der Waals surface area contributed by atoms with E-state index < -0.39 is 5.82 Å². The van der Waals surface area contributed by atoms with Crippen LogP contribution in [0.2, 0.25) is 0 Å². The summed E-state index contributed by atoms with van der Waals surface area (Å²) in [5.41, 5.74) is 0.300. The van der Waals surface area contributed by atoms with Crippen molar-refractivity contribution in [1.29, 1.82) is 0 Å².